The molecule has 142 valence electrons. The van der Waals surface area contributed by atoms with Gasteiger partial charge in [0.25, 0.3) is 11.9 Å². The number of piperidine rings is 1. The summed E-state index contributed by atoms with van der Waals surface area (Å²) >= 11 is 1.18. The van der Waals surface area contributed by atoms with Crippen LogP contribution in [0.4, 0.5) is 6.01 Å². The number of fused-ring (bicyclic) bond motifs is 1. The van der Waals surface area contributed by atoms with Gasteiger partial charge in [0.05, 0.1) is 5.69 Å². The van der Waals surface area contributed by atoms with Gasteiger partial charge in [-0.15, -0.1) is 5.10 Å². The Kier molecular flexibility index (Phi) is 5.33. The van der Waals surface area contributed by atoms with Gasteiger partial charge in [-0.25, -0.2) is 0 Å². The summed E-state index contributed by atoms with van der Waals surface area (Å²) in [6.07, 6.45) is 3.76. The van der Waals surface area contributed by atoms with Gasteiger partial charge in [0.2, 0.25) is 0 Å². The standard InChI is InChI=1S/C19H23N5O2S/c1-2-5-15-17(27-23-22-15)18(25)20-12-13-8-10-24(11-9-13)19-21-14-6-3-4-7-16(14)26-19/h3-4,6-7,13H,2,5,8-12H2,1H3,(H,20,25). The zero-order valence-corrected chi connectivity index (χ0v) is 16.2. The van der Waals surface area contributed by atoms with Crippen LogP contribution in [0.5, 0.6) is 0 Å². The summed E-state index contributed by atoms with van der Waals surface area (Å²) < 4.78 is 9.78. The molecular weight excluding hydrogens is 362 g/mol. The van der Waals surface area contributed by atoms with E-state index in [1.807, 2.05) is 24.3 Å². The third-order valence-electron chi connectivity index (χ3n) is 4.97. The van der Waals surface area contributed by atoms with E-state index in [0.29, 0.717) is 23.4 Å². The zero-order chi connectivity index (χ0) is 18.6. The van der Waals surface area contributed by atoms with Crippen LogP contribution in [0, 0.1) is 5.92 Å². The van der Waals surface area contributed by atoms with Crippen molar-refractivity contribution >= 4 is 34.6 Å². The van der Waals surface area contributed by atoms with E-state index in [1.165, 1.54) is 11.5 Å². The van der Waals surface area contributed by atoms with Crippen LogP contribution in [0.25, 0.3) is 11.1 Å². The largest absolute Gasteiger partial charge is 0.423 e. The predicted molar refractivity (Wildman–Crippen MR) is 105 cm³/mol. The van der Waals surface area contributed by atoms with Crippen molar-refractivity contribution in [3.63, 3.8) is 0 Å². The molecule has 3 aromatic rings. The van der Waals surface area contributed by atoms with E-state index < -0.39 is 0 Å². The third-order valence-corrected chi connectivity index (χ3v) is 5.73. The Morgan fingerprint density at radius 3 is 2.93 bits per heavy atom. The van der Waals surface area contributed by atoms with Crippen LogP contribution >= 0.6 is 11.5 Å². The average molecular weight is 385 g/mol. The Morgan fingerprint density at radius 1 is 1.33 bits per heavy atom. The maximum atomic E-state index is 12.4. The van der Waals surface area contributed by atoms with Crippen molar-refractivity contribution in [2.75, 3.05) is 24.5 Å². The summed E-state index contributed by atoms with van der Waals surface area (Å²) in [4.78, 5) is 19.8. The maximum Gasteiger partial charge on any atom is 0.298 e. The summed E-state index contributed by atoms with van der Waals surface area (Å²) in [7, 11) is 0. The van der Waals surface area contributed by atoms with Crippen molar-refractivity contribution in [3.8, 4) is 0 Å². The van der Waals surface area contributed by atoms with Crippen LogP contribution in [0.2, 0.25) is 0 Å². The van der Waals surface area contributed by atoms with Gasteiger partial charge in [-0.1, -0.05) is 30.0 Å². The van der Waals surface area contributed by atoms with Crippen molar-refractivity contribution < 1.29 is 9.21 Å². The highest BCUT2D eigenvalue weighted by Crippen LogP contribution is 2.26. The molecule has 27 heavy (non-hydrogen) atoms. The molecule has 0 radical (unpaired) electrons. The minimum atomic E-state index is -0.0465. The SMILES string of the molecule is CCCc1nnsc1C(=O)NCC1CCN(c2nc3ccccc3o2)CC1. The summed E-state index contributed by atoms with van der Waals surface area (Å²) in [6.45, 7) is 4.53. The second-order valence-electron chi connectivity index (χ2n) is 6.90. The monoisotopic (exact) mass is 385 g/mol. The van der Waals surface area contributed by atoms with Crippen LogP contribution in [-0.4, -0.2) is 40.1 Å². The number of nitrogens with zero attached hydrogens (tertiary/aromatic N) is 4. The molecule has 0 saturated carbocycles. The number of aromatic nitrogens is 3. The molecule has 0 atom stereocenters. The van der Waals surface area contributed by atoms with Gasteiger partial charge in [0, 0.05) is 19.6 Å². The van der Waals surface area contributed by atoms with E-state index in [4.69, 9.17) is 4.42 Å². The van der Waals surface area contributed by atoms with Gasteiger partial charge >= 0.3 is 0 Å². The molecule has 1 amide bonds. The van der Waals surface area contributed by atoms with Crippen molar-refractivity contribution in [2.24, 2.45) is 5.92 Å². The Bertz CT molecular complexity index is 881. The molecule has 0 spiro atoms. The summed E-state index contributed by atoms with van der Waals surface area (Å²) in [5, 5.41) is 7.13. The Hall–Kier alpha value is -2.48. The van der Waals surface area contributed by atoms with E-state index in [-0.39, 0.29) is 5.91 Å². The van der Waals surface area contributed by atoms with E-state index in [0.717, 1.165) is 55.6 Å². The fraction of sp³-hybridized carbons (Fsp3) is 0.474. The molecular formula is C19H23N5O2S. The summed E-state index contributed by atoms with van der Waals surface area (Å²) in [5.41, 5.74) is 2.52. The molecule has 0 aliphatic carbocycles. The van der Waals surface area contributed by atoms with Gasteiger partial charge in [0.1, 0.15) is 10.4 Å². The summed E-state index contributed by atoms with van der Waals surface area (Å²) in [5.74, 6) is 0.417. The average Bonchev–Trinajstić information content (AvgIpc) is 3.33. The number of nitrogens with one attached hydrogen (secondary N) is 1. The minimum Gasteiger partial charge on any atom is -0.423 e. The molecule has 1 fully saturated rings. The van der Waals surface area contributed by atoms with Crippen LogP contribution in [0.1, 0.15) is 41.6 Å². The number of carbonyl (C=O) groups excluding carboxylic acids is 1. The van der Waals surface area contributed by atoms with Crippen LogP contribution in [0.3, 0.4) is 0 Å². The molecule has 1 saturated heterocycles. The second-order valence-corrected chi connectivity index (χ2v) is 7.66. The molecule has 0 bridgehead atoms. The fourth-order valence-corrected chi connectivity index (χ4v) is 4.05. The van der Waals surface area contributed by atoms with Gasteiger partial charge in [-0.3, -0.25) is 4.79 Å². The fourth-order valence-electron chi connectivity index (χ4n) is 3.42. The lowest BCUT2D eigenvalue weighted by atomic mass is 9.97. The van der Waals surface area contributed by atoms with Gasteiger partial charge in [-0.2, -0.15) is 4.98 Å². The Labute approximate surface area is 161 Å². The lowest BCUT2D eigenvalue weighted by Crippen LogP contribution is -2.38. The number of benzene rings is 1. The Morgan fingerprint density at radius 2 is 2.15 bits per heavy atom. The quantitative estimate of drug-likeness (QED) is 0.701. The normalized spacial score (nSPS) is 15.4. The topological polar surface area (TPSA) is 84.2 Å². The first-order chi connectivity index (χ1) is 13.2. The highest BCUT2D eigenvalue weighted by atomic mass is 32.1. The zero-order valence-electron chi connectivity index (χ0n) is 15.4. The lowest BCUT2D eigenvalue weighted by Gasteiger charge is -2.30. The van der Waals surface area contributed by atoms with Crippen molar-refractivity contribution in [2.45, 2.75) is 32.6 Å². The molecule has 8 heteroatoms. The number of rotatable bonds is 6. The molecule has 3 heterocycles. The molecule has 7 nitrogen and oxygen atoms in total. The molecule has 4 rings (SSSR count). The molecule has 1 aliphatic heterocycles. The minimum absolute atomic E-state index is 0.0465. The number of carbonyl (C=O) groups is 1. The highest BCUT2D eigenvalue weighted by molar-refractivity contribution is 7.08. The lowest BCUT2D eigenvalue weighted by molar-refractivity contribution is 0.0947. The van der Waals surface area contributed by atoms with Crippen molar-refractivity contribution in [1.82, 2.24) is 19.9 Å². The first kappa shape index (κ1) is 17.9. The predicted octanol–water partition coefficient (Wildman–Crippen LogP) is 3.28. The van der Waals surface area contributed by atoms with Crippen LogP contribution < -0.4 is 10.2 Å². The van der Waals surface area contributed by atoms with E-state index in [1.54, 1.807) is 0 Å². The molecule has 0 unspecified atom stereocenters. The highest BCUT2D eigenvalue weighted by Gasteiger charge is 2.24. The maximum absolute atomic E-state index is 12.4. The van der Waals surface area contributed by atoms with Crippen molar-refractivity contribution in [3.05, 3.63) is 34.8 Å². The van der Waals surface area contributed by atoms with E-state index in [2.05, 4.69) is 31.7 Å². The molecule has 1 aromatic carbocycles. The number of hydrogen-bond acceptors (Lipinski definition) is 7. The van der Waals surface area contributed by atoms with Crippen LogP contribution in [0.15, 0.2) is 28.7 Å². The third kappa shape index (κ3) is 3.95. The van der Waals surface area contributed by atoms with Crippen molar-refractivity contribution in [1.29, 1.82) is 0 Å². The molecule has 1 aliphatic rings. The van der Waals surface area contributed by atoms with Gasteiger partial charge in [-0.05, 0) is 48.8 Å². The smallest absolute Gasteiger partial charge is 0.298 e. The number of oxazole rings is 1. The summed E-state index contributed by atoms with van der Waals surface area (Å²) in [6, 6.07) is 8.52. The Balaban J connectivity index is 1.29. The molecule has 1 N–H and O–H groups in total. The number of hydrogen-bond donors (Lipinski definition) is 1. The molecule has 2 aromatic heterocycles. The van der Waals surface area contributed by atoms with E-state index >= 15 is 0 Å². The van der Waals surface area contributed by atoms with Gasteiger partial charge in [0.15, 0.2) is 5.58 Å². The first-order valence-corrected chi connectivity index (χ1v) is 10.2. The number of aryl methyl sites for hydroxylation is 1. The number of amides is 1. The number of para-hydroxylation sites is 2. The van der Waals surface area contributed by atoms with E-state index in [9.17, 15) is 4.79 Å². The van der Waals surface area contributed by atoms with Gasteiger partial charge < -0.3 is 14.6 Å². The van der Waals surface area contributed by atoms with Crippen LogP contribution in [-0.2, 0) is 6.42 Å². The number of anilines is 1. The first-order valence-electron chi connectivity index (χ1n) is 9.44. The second kappa shape index (κ2) is 8.04.